The van der Waals surface area contributed by atoms with Gasteiger partial charge in [0.1, 0.15) is 31.0 Å². The van der Waals surface area contributed by atoms with E-state index in [0.29, 0.717) is 0 Å². The monoisotopic (exact) mass is 267 g/mol. The van der Waals surface area contributed by atoms with Gasteiger partial charge in [0, 0.05) is 6.61 Å². The predicted octanol–water partition coefficient (Wildman–Crippen LogP) is -2.05. The number of nitrogens with one attached hydrogen (secondary N) is 1. The van der Waals surface area contributed by atoms with Crippen molar-refractivity contribution in [2.75, 3.05) is 13.2 Å². The van der Waals surface area contributed by atoms with Crippen molar-refractivity contribution in [1.82, 2.24) is 5.48 Å². The Kier molecular flexibility index (Phi) is 5.72. The maximum atomic E-state index is 10.7. The van der Waals surface area contributed by atoms with E-state index in [-0.39, 0.29) is 6.61 Å². The second kappa shape index (κ2) is 6.83. The highest BCUT2D eigenvalue weighted by Crippen LogP contribution is 2.22. The minimum absolute atomic E-state index is 0.231. The van der Waals surface area contributed by atoms with Crippen molar-refractivity contribution >= 4 is 6.09 Å². The van der Waals surface area contributed by atoms with E-state index in [1.165, 1.54) is 5.48 Å². The highest BCUT2D eigenvalue weighted by atomic mass is 16.7. The van der Waals surface area contributed by atoms with E-state index in [2.05, 4.69) is 4.74 Å². The lowest BCUT2D eigenvalue weighted by Crippen LogP contribution is -2.59. The second-order valence-electron chi connectivity index (χ2n) is 3.68. The standard InChI is InChI=1S/C9H17NO8/c1-2-16-8-7(13)6(12)5(11)4(18-8)3-17-9(14)10-15/h4-8,11-13,15H,2-3H2,1H3,(H,10,14)/t4-,5+,6+,7-,8+/m1/s1. The lowest BCUT2D eigenvalue weighted by Gasteiger charge is -2.39. The number of aliphatic hydroxyl groups is 3. The zero-order valence-corrected chi connectivity index (χ0v) is 9.72. The molecule has 1 aliphatic rings. The van der Waals surface area contributed by atoms with Gasteiger partial charge in [0.15, 0.2) is 6.29 Å². The number of hydroxylamine groups is 1. The van der Waals surface area contributed by atoms with Crippen LogP contribution in [0.25, 0.3) is 0 Å². The number of hydrogen-bond donors (Lipinski definition) is 5. The quantitative estimate of drug-likeness (QED) is 0.290. The Morgan fingerprint density at radius 3 is 2.50 bits per heavy atom. The first-order chi connectivity index (χ1) is 8.51. The zero-order valence-electron chi connectivity index (χ0n) is 9.72. The van der Waals surface area contributed by atoms with Crippen LogP contribution < -0.4 is 5.48 Å². The molecule has 0 aliphatic carbocycles. The topological polar surface area (TPSA) is 138 Å². The summed E-state index contributed by atoms with van der Waals surface area (Å²) in [7, 11) is 0. The van der Waals surface area contributed by atoms with Crippen molar-refractivity contribution in [3.05, 3.63) is 0 Å². The molecule has 0 aromatic carbocycles. The van der Waals surface area contributed by atoms with Crippen LogP contribution in [0.1, 0.15) is 6.92 Å². The molecule has 5 atom stereocenters. The predicted molar refractivity (Wildman–Crippen MR) is 54.6 cm³/mol. The van der Waals surface area contributed by atoms with Crippen molar-refractivity contribution in [2.24, 2.45) is 0 Å². The number of aliphatic hydroxyl groups excluding tert-OH is 3. The van der Waals surface area contributed by atoms with Crippen LogP contribution in [-0.2, 0) is 14.2 Å². The third-order valence-corrected chi connectivity index (χ3v) is 2.47. The molecule has 0 aromatic heterocycles. The van der Waals surface area contributed by atoms with Gasteiger partial charge in [-0.05, 0) is 6.92 Å². The van der Waals surface area contributed by atoms with Crippen LogP contribution >= 0.6 is 0 Å². The summed E-state index contributed by atoms with van der Waals surface area (Å²) in [6, 6.07) is 0. The Bertz CT molecular complexity index is 275. The highest BCUT2D eigenvalue weighted by Gasteiger charge is 2.44. The third kappa shape index (κ3) is 3.51. The van der Waals surface area contributed by atoms with E-state index in [1.54, 1.807) is 6.92 Å². The SMILES string of the molecule is CCO[C@H]1O[C@H](COC(=O)NO)[C@H](O)[C@H](O)[C@H]1O. The zero-order chi connectivity index (χ0) is 13.7. The summed E-state index contributed by atoms with van der Waals surface area (Å²) < 4.78 is 14.7. The fourth-order valence-corrected chi connectivity index (χ4v) is 1.55. The molecule has 106 valence electrons. The van der Waals surface area contributed by atoms with Gasteiger partial charge >= 0.3 is 6.09 Å². The van der Waals surface area contributed by atoms with E-state index in [0.717, 1.165) is 0 Å². The summed E-state index contributed by atoms with van der Waals surface area (Å²) in [5.41, 5.74) is 1.23. The number of rotatable bonds is 4. The van der Waals surface area contributed by atoms with Gasteiger partial charge in [-0.3, -0.25) is 5.21 Å². The Morgan fingerprint density at radius 2 is 1.94 bits per heavy atom. The minimum atomic E-state index is -1.49. The summed E-state index contributed by atoms with van der Waals surface area (Å²) in [4.78, 5) is 10.7. The summed E-state index contributed by atoms with van der Waals surface area (Å²) in [5.74, 6) is 0. The molecule has 0 bridgehead atoms. The van der Waals surface area contributed by atoms with Crippen LogP contribution in [0.3, 0.4) is 0 Å². The highest BCUT2D eigenvalue weighted by molar-refractivity contribution is 5.65. The van der Waals surface area contributed by atoms with Crippen molar-refractivity contribution in [1.29, 1.82) is 0 Å². The van der Waals surface area contributed by atoms with Gasteiger partial charge in [0.25, 0.3) is 0 Å². The van der Waals surface area contributed by atoms with Crippen LogP contribution in [0.4, 0.5) is 4.79 Å². The Balaban J connectivity index is 2.58. The second-order valence-corrected chi connectivity index (χ2v) is 3.68. The Hall–Kier alpha value is -0.970. The van der Waals surface area contributed by atoms with E-state index in [1.807, 2.05) is 0 Å². The van der Waals surface area contributed by atoms with Crippen LogP contribution in [-0.4, -0.2) is 70.5 Å². The molecule has 1 heterocycles. The summed E-state index contributed by atoms with van der Waals surface area (Å²) in [5, 5.41) is 37.0. The molecule has 18 heavy (non-hydrogen) atoms. The molecular weight excluding hydrogens is 250 g/mol. The van der Waals surface area contributed by atoms with Crippen LogP contribution in [0.15, 0.2) is 0 Å². The van der Waals surface area contributed by atoms with Gasteiger partial charge in [-0.2, -0.15) is 0 Å². The van der Waals surface area contributed by atoms with Gasteiger partial charge in [-0.15, -0.1) is 0 Å². The lowest BCUT2D eigenvalue weighted by molar-refractivity contribution is -0.299. The van der Waals surface area contributed by atoms with E-state index >= 15 is 0 Å². The first-order valence-corrected chi connectivity index (χ1v) is 5.39. The van der Waals surface area contributed by atoms with Crippen LogP contribution in [0.5, 0.6) is 0 Å². The molecule has 0 radical (unpaired) electrons. The van der Waals surface area contributed by atoms with Crippen molar-refractivity contribution in [3.63, 3.8) is 0 Å². The van der Waals surface area contributed by atoms with Gasteiger partial charge in [-0.25, -0.2) is 10.3 Å². The van der Waals surface area contributed by atoms with E-state index < -0.39 is 43.4 Å². The van der Waals surface area contributed by atoms with Gasteiger partial charge in [0.05, 0.1) is 0 Å². The maximum absolute atomic E-state index is 10.7. The van der Waals surface area contributed by atoms with Crippen LogP contribution in [0.2, 0.25) is 0 Å². The van der Waals surface area contributed by atoms with Gasteiger partial charge in [-0.1, -0.05) is 0 Å². The average molecular weight is 267 g/mol. The fourth-order valence-electron chi connectivity index (χ4n) is 1.55. The normalized spacial score (nSPS) is 36.2. The molecule has 0 saturated carbocycles. The number of carbonyl (C=O) groups excluding carboxylic acids is 1. The van der Waals surface area contributed by atoms with Crippen LogP contribution in [0, 0.1) is 0 Å². The molecule has 0 aromatic rings. The Labute approximate surface area is 103 Å². The molecule has 1 amide bonds. The summed E-state index contributed by atoms with van der Waals surface area (Å²) in [6.45, 7) is 1.48. The first-order valence-electron chi connectivity index (χ1n) is 5.39. The smallest absolute Gasteiger partial charge is 0.431 e. The average Bonchev–Trinajstić information content (AvgIpc) is 2.37. The lowest BCUT2D eigenvalue weighted by atomic mass is 9.99. The van der Waals surface area contributed by atoms with Crippen molar-refractivity contribution in [3.8, 4) is 0 Å². The molecular formula is C9H17NO8. The minimum Gasteiger partial charge on any atom is -0.445 e. The largest absolute Gasteiger partial charge is 0.445 e. The number of carbonyl (C=O) groups is 1. The van der Waals surface area contributed by atoms with Gasteiger partial charge < -0.3 is 29.5 Å². The molecule has 1 rings (SSSR count). The molecule has 1 aliphatic heterocycles. The van der Waals surface area contributed by atoms with Crippen molar-refractivity contribution < 1.29 is 39.5 Å². The molecule has 9 heteroatoms. The molecule has 1 fully saturated rings. The number of hydrogen-bond acceptors (Lipinski definition) is 8. The molecule has 0 unspecified atom stereocenters. The molecule has 9 nitrogen and oxygen atoms in total. The number of ether oxygens (including phenoxy) is 3. The maximum Gasteiger partial charge on any atom is 0.431 e. The summed E-state index contributed by atoms with van der Waals surface area (Å²) in [6.07, 6.45) is -7.65. The molecule has 0 spiro atoms. The van der Waals surface area contributed by atoms with Crippen molar-refractivity contribution in [2.45, 2.75) is 37.6 Å². The third-order valence-electron chi connectivity index (χ3n) is 2.47. The van der Waals surface area contributed by atoms with E-state index in [4.69, 9.17) is 14.7 Å². The van der Waals surface area contributed by atoms with E-state index in [9.17, 15) is 20.1 Å². The Morgan fingerprint density at radius 1 is 1.28 bits per heavy atom. The first kappa shape index (κ1) is 15.1. The molecule has 1 saturated heterocycles. The fraction of sp³-hybridized carbons (Fsp3) is 0.889. The summed E-state index contributed by atoms with van der Waals surface area (Å²) >= 11 is 0. The van der Waals surface area contributed by atoms with Gasteiger partial charge in [0.2, 0.25) is 0 Å². The molecule has 5 N–H and O–H groups in total. The number of amides is 1.